The molecule has 1 aliphatic rings. The molecule has 184 valence electrons. The standard InChI is InChI=1S/C29H28ClN3O3/c1-18(2)23-11-7-8-19(3)25(23)32-27(34)22-14-12-20(13-15-22)16-31-26-24(30)28(35)33(29(26)36)17-21-9-5-4-6-10-21/h4-15,18,31H,16-17H2,1-3H3,(H,32,34). The van der Waals surface area contributed by atoms with Crippen molar-refractivity contribution < 1.29 is 14.4 Å². The predicted octanol–water partition coefficient (Wildman–Crippen LogP) is 5.48. The van der Waals surface area contributed by atoms with E-state index in [1.54, 1.807) is 24.3 Å². The van der Waals surface area contributed by atoms with Gasteiger partial charge in [-0.3, -0.25) is 19.3 Å². The summed E-state index contributed by atoms with van der Waals surface area (Å²) in [6.45, 7) is 6.60. The minimum atomic E-state index is -0.517. The van der Waals surface area contributed by atoms with Crippen LogP contribution in [0, 0.1) is 6.92 Å². The van der Waals surface area contributed by atoms with E-state index in [0.29, 0.717) is 5.56 Å². The normalized spacial score (nSPS) is 13.5. The predicted molar refractivity (Wildman–Crippen MR) is 141 cm³/mol. The molecular weight excluding hydrogens is 474 g/mol. The molecule has 0 fully saturated rings. The molecule has 0 saturated carbocycles. The molecule has 4 rings (SSSR count). The molecule has 1 aliphatic heterocycles. The van der Waals surface area contributed by atoms with E-state index in [-0.39, 0.29) is 35.6 Å². The van der Waals surface area contributed by atoms with Gasteiger partial charge in [0.25, 0.3) is 17.7 Å². The fourth-order valence-electron chi connectivity index (χ4n) is 4.10. The molecule has 3 amide bonds. The van der Waals surface area contributed by atoms with Crippen molar-refractivity contribution in [3.8, 4) is 0 Å². The molecule has 6 nitrogen and oxygen atoms in total. The number of rotatable bonds is 8. The fraction of sp³-hybridized carbons (Fsp3) is 0.207. The number of nitrogens with zero attached hydrogens (tertiary/aromatic N) is 1. The van der Waals surface area contributed by atoms with Crippen molar-refractivity contribution in [1.82, 2.24) is 10.2 Å². The Morgan fingerprint density at radius 2 is 1.58 bits per heavy atom. The molecule has 2 N–H and O–H groups in total. The van der Waals surface area contributed by atoms with E-state index in [9.17, 15) is 14.4 Å². The summed E-state index contributed by atoms with van der Waals surface area (Å²) in [5.41, 5.74) is 5.22. The Labute approximate surface area is 216 Å². The molecule has 0 bridgehead atoms. The van der Waals surface area contributed by atoms with Crippen molar-refractivity contribution in [2.75, 3.05) is 5.32 Å². The zero-order valence-electron chi connectivity index (χ0n) is 20.5. The molecule has 7 heteroatoms. The third kappa shape index (κ3) is 5.34. The van der Waals surface area contributed by atoms with Gasteiger partial charge in [0, 0.05) is 17.8 Å². The number of imide groups is 1. The first kappa shape index (κ1) is 25.2. The molecule has 1 heterocycles. The largest absolute Gasteiger partial charge is 0.375 e. The number of amides is 3. The van der Waals surface area contributed by atoms with Gasteiger partial charge in [-0.2, -0.15) is 0 Å². The van der Waals surface area contributed by atoms with Gasteiger partial charge < -0.3 is 10.6 Å². The highest BCUT2D eigenvalue weighted by Gasteiger charge is 2.37. The summed E-state index contributed by atoms with van der Waals surface area (Å²) in [7, 11) is 0. The Morgan fingerprint density at radius 1 is 0.889 bits per heavy atom. The van der Waals surface area contributed by atoms with E-state index < -0.39 is 11.8 Å². The molecule has 3 aromatic carbocycles. The lowest BCUT2D eigenvalue weighted by Gasteiger charge is -2.16. The van der Waals surface area contributed by atoms with Gasteiger partial charge in [0.05, 0.1) is 6.54 Å². The second-order valence-electron chi connectivity index (χ2n) is 9.07. The molecule has 0 saturated heterocycles. The van der Waals surface area contributed by atoms with Gasteiger partial charge in [0.15, 0.2) is 0 Å². The smallest absolute Gasteiger partial charge is 0.278 e. The zero-order valence-corrected chi connectivity index (χ0v) is 21.2. The number of benzene rings is 3. The topological polar surface area (TPSA) is 78.5 Å². The summed E-state index contributed by atoms with van der Waals surface area (Å²) < 4.78 is 0. The van der Waals surface area contributed by atoms with Gasteiger partial charge in [-0.05, 0) is 47.2 Å². The minimum absolute atomic E-state index is 0.0835. The highest BCUT2D eigenvalue weighted by atomic mass is 35.5. The van der Waals surface area contributed by atoms with Gasteiger partial charge in [-0.1, -0.05) is 86.1 Å². The number of carbonyl (C=O) groups is 3. The Morgan fingerprint density at radius 3 is 2.25 bits per heavy atom. The third-order valence-corrected chi connectivity index (χ3v) is 6.50. The van der Waals surface area contributed by atoms with Crippen LogP contribution < -0.4 is 10.6 Å². The van der Waals surface area contributed by atoms with Crippen LogP contribution in [0.25, 0.3) is 0 Å². The minimum Gasteiger partial charge on any atom is -0.375 e. The summed E-state index contributed by atoms with van der Waals surface area (Å²) >= 11 is 6.19. The maximum atomic E-state index is 12.9. The molecule has 3 aromatic rings. The van der Waals surface area contributed by atoms with Crippen LogP contribution in [0.4, 0.5) is 5.69 Å². The van der Waals surface area contributed by atoms with Gasteiger partial charge in [0.2, 0.25) is 0 Å². The molecule has 0 aliphatic carbocycles. The average molecular weight is 502 g/mol. The van der Waals surface area contributed by atoms with Crippen LogP contribution in [-0.2, 0) is 22.7 Å². The molecule has 0 spiro atoms. The van der Waals surface area contributed by atoms with Crippen LogP contribution in [0.1, 0.15) is 52.4 Å². The number of aryl methyl sites for hydroxylation is 1. The first-order valence-electron chi connectivity index (χ1n) is 11.8. The number of hydrogen-bond acceptors (Lipinski definition) is 4. The number of nitrogens with one attached hydrogen (secondary N) is 2. The van der Waals surface area contributed by atoms with Crippen LogP contribution in [-0.4, -0.2) is 22.6 Å². The Hall–Kier alpha value is -3.90. The van der Waals surface area contributed by atoms with Crippen molar-refractivity contribution in [2.45, 2.75) is 39.8 Å². The molecule has 0 atom stereocenters. The zero-order chi connectivity index (χ0) is 25.8. The van der Waals surface area contributed by atoms with E-state index in [1.807, 2.05) is 55.5 Å². The van der Waals surface area contributed by atoms with Crippen LogP contribution in [0.5, 0.6) is 0 Å². The lowest BCUT2D eigenvalue weighted by Crippen LogP contribution is -2.33. The van der Waals surface area contributed by atoms with Crippen LogP contribution in [0.15, 0.2) is 83.5 Å². The van der Waals surface area contributed by atoms with Crippen molar-refractivity contribution in [2.24, 2.45) is 0 Å². The number of para-hydroxylation sites is 1. The van der Waals surface area contributed by atoms with E-state index in [2.05, 4.69) is 24.5 Å². The second-order valence-corrected chi connectivity index (χ2v) is 9.45. The van der Waals surface area contributed by atoms with E-state index in [1.165, 1.54) is 0 Å². The Kier molecular flexibility index (Phi) is 7.55. The Balaban J connectivity index is 1.40. The van der Waals surface area contributed by atoms with Crippen molar-refractivity contribution in [1.29, 1.82) is 0 Å². The fourth-order valence-corrected chi connectivity index (χ4v) is 4.35. The van der Waals surface area contributed by atoms with Gasteiger partial charge in [-0.25, -0.2) is 0 Å². The van der Waals surface area contributed by atoms with Crippen LogP contribution in [0.2, 0.25) is 0 Å². The Bertz CT molecular complexity index is 1330. The molecule has 0 radical (unpaired) electrons. The maximum absolute atomic E-state index is 12.9. The number of anilines is 1. The summed E-state index contributed by atoms with van der Waals surface area (Å²) in [6, 6.07) is 22.3. The van der Waals surface area contributed by atoms with Gasteiger partial charge >= 0.3 is 0 Å². The van der Waals surface area contributed by atoms with Crippen molar-refractivity contribution in [3.05, 3.63) is 111 Å². The number of halogens is 1. The summed E-state index contributed by atoms with van der Waals surface area (Å²) in [4.78, 5) is 39.4. The number of hydrogen-bond donors (Lipinski definition) is 2. The highest BCUT2D eigenvalue weighted by Crippen LogP contribution is 2.28. The molecule has 36 heavy (non-hydrogen) atoms. The quantitative estimate of drug-likeness (QED) is 0.401. The van der Waals surface area contributed by atoms with E-state index in [0.717, 1.165) is 32.8 Å². The molecule has 0 aromatic heterocycles. The summed E-state index contributed by atoms with van der Waals surface area (Å²) in [6.07, 6.45) is 0. The van der Waals surface area contributed by atoms with Crippen LogP contribution in [0.3, 0.4) is 0 Å². The maximum Gasteiger partial charge on any atom is 0.278 e. The summed E-state index contributed by atoms with van der Waals surface area (Å²) in [5, 5.41) is 5.92. The van der Waals surface area contributed by atoms with Gasteiger partial charge in [-0.15, -0.1) is 0 Å². The van der Waals surface area contributed by atoms with Crippen molar-refractivity contribution >= 4 is 35.0 Å². The average Bonchev–Trinajstić information content (AvgIpc) is 3.07. The monoisotopic (exact) mass is 501 g/mol. The first-order valence-corrected chi connectivity index (χ1v) is 12.2. The van der Waals surface area contributed by atoms with Gasteiger partial charge in [0.1, 0.15) is 10.7 Å². The third-order valence-electron chi connectivity index (χ3n) is 6.15. The lowest BCUT2D eigenvalue weighted by molar-refractivity contribution is -0.138. The van der Waals surface area contributed by atoms with E-state index >= 15 is 0 Å². The SMILES string of the molecule is Cc1cccc(C(C)C)c1NC(=O)c1ccc(CNC2=C(Cl)C(=O)N(Cc3ccccc3)C2=O)cc1. The van der Waals surface area contributed by atoms with Crippen molar-refractivity contribution in [3.63, 3.8) is 0 Å². The second kappa shape index (κ2) is 10.8. The lowest BCUT2D eigenvalue weighted by atomic mass is 9.98. The summed E-state index contributed by atoms with van der Waals surface area (Å²) in [5.74, 6) is -0.880. The van der Waals surface area contributed by atoms with Crippen LogP contribution >= 0.6 is 11.6 Å². The molecule has 0 unspecified atom stereocenters. The van der Waals surface area contributed by atoms with E-state index in [4.69, 9.17) is 11.6 Å². The number of carbonyl (C=O) groups excluding carboxylic acids is 3. The highest BCUT2D eigenvalue weighted by molar-refractivity contribution is 6.47. The molecular formula is C29H28ClN3O3. The first-order chi connectivity index (χ1) is 17.3.